The number of phenols is 1. The van der Waals surface area contributed by atoms with Gasteiger partial charge < -0.3 is 51.0 Å². The number of aromatic nitrogens is 2. The first-order valence-electron chi connectivity index (χ1n) is 17.8. The summed E-state index contributed by atoms with van der Waals surface area (Å²) in [5, 5.41) is 19.1. The number of hydrogen-bond donors (Lipinski definition) is 6. The molecule has 12 nitrogen and oxygen atoms in total. The summed E-state index contributed by atoms with van der Waals surface area (Å²) < 4.78 is 18.7. The summed E-state index contributed by atoms with van der Waals surface area (Å²) in [4.78, 5) is 30.3. The number of benzene rings is 3. The first-order valence-corrected chi connectivity index (χ1v) is 18.6. The lowest BCUT2D eigenvalue weighted by Crippen LogP contribution is -2.22. The first kappa shape index (κ1) is 36.3. The number of hydrogen-bond acceptors (Lipinski definition) is 9. The molecule has 276 valence electrons. The van der Waals surface area contributed by atoms with Crippen molar-refractivity contribution < 1.29 is 28.9 Å². The molecule has 1 aliphatic rings. The van der Waals surface area contributed by atoms with Crippen molar-refractivity contribution in [2.45, 2.75) is 32.1 Å². The standard InChI is InChI=1S/C40H44N6O6S/c41-11-14-51-16-18-52-17-15-50-13-10-27-20-29(53-38(27)39(42)48)24-46-12-9-26-6-5-25(19-35(26)46)22-43-23-34-36(31-3-1-2-4-33(31)44-34)37-32-21-28(47)7-8-30(32)40(49)45-37/h1-9,12,19-21,37,43-44,47H,10-11,13-18,22-24,41H2,(H2,42,48)(H,45,49). The molecule has 6 aromatic rings. The lowest BCUT2D eigenvalue weighted by molar-refractivity contribution is 0.0165. The number of nitrogens with two attached hydrogens (primary N) is 2. The maximum absolute atomic E-state index is 12.9. The predicted octanol–water partition coefficient (Wildman–Crippen LogP) is 4.71. The molecule has 53 heavy (non-hydrogen) atoms. The number of phenolic OH excluding ortho intramolecular Hbond substituents is 1. The number of nitrogens with zero attached hydrogens (tertiary/aromatic N) is 1. The Kier molecular flexibility index (Phi) is 11.5. The van der Waals surface area contributed by atoms with E-state index in [1.807, 2.05) is 18.2 Å². The maximum Gasteiger partial charge on any atom is 0.259 e. The number of rotatable bonds is 19. The monoisotopic (exact) mass is 736 g/mol. The van der Waals surface area contributed by atoms with E-state index in [0.717, 1.165) is 54.6 Å². The number of aromatic amines is 1. The molecule has 0 saturated carbocycles. The molecule has 13 heteroatoms. The van der Waals surface area contributed by atoms with Crippen LogP contribution in [0.1, 0.15) is 58.9 Å². The average Bonchev–Trinajstić information content (AvgIpc) is 3.92. The molecule has 1 unspecified atom stereocenters. The van der Waals surface area contributed by atoms with E-state index in [1.165, 1.54) is 11.3 Å². The highest BCUT2D eigenvalue weighted by Gasteiger charge is 2.33. The van der Waals surface area contributed by atoms with Gasteiger partial charge in [0.15, 0.2) is 0 Å². The van der Waals surface area contributed by atoms with Crippen LogP contribution in [0.4, 0.5) is 0 Å². The summed E-state index contributed by atoms with van der Waals surface area (Å²) >= 11 is 1.43. The van der Waals surface area contributed by atoms with Gasteiger partial charge in [0.05, 0.1) is 57.1 Å². The van der Waals surface area contributed by atoms with E-state index in [-0.39, 0.29) is 17.7 Å². The number of thiophene rings is 1. The van der Waals surface area contributed by atoms with Gasteiger partial charge in [0.2, 0.25) is 0 Å². The molecule has 4 heterocycles. The van der Waals surface area contributed by atoms with Crippen LogP contribution in [0.5, 0.6) is 5.75 Å². The zero-order valence-electron chi connectivity index (χ0n) is 29.4. The molecule has 0 aliphatic carbocycles. The summed E-state index contributed by atoms with van der Waals surface area (Å²) in [6.07, 6.45) is 2.65. The molecule has 0 spiro atoms. The Hall–Kier alpha value is -5.02. The van der Waals surface area contributed by atoms with Gasteiger partial charge in [0.25, 0.3) is 11.8 Å². The number of nitrogens with one attached hydrogen (secondary N) is 3. The molecule has 0 fully saturated rings. The number of fused-ring (bicyclic) bond motifs is 3. The first-order chi connectivity index (χ1) is 25.9. The molecule has 8 N–H and O–H groups in total. The highest BCUT2D eigenvalue weighted by atomic mass is 32.1. The number of carbonyl (C=O) groups excluding carboxylic acids is 2. The SMILES string of the molecule is NCCOCCOCCOCCc1cc(Cn2ccc3ccc(CNCc4[nH]c5ccccc5c4C4NC(=O)c5ccc(O)cc54)cc32)sc1C(N)=O. The Balaban J connectivity index is 0.994. The van der Waals surface area contributed by atoms with E-state index >= 15 is 0 Å². The fourth-order valence-electron chi connectivity index (χ4n) is 6.94. The van der Waals surface area contributed by atoms with Gasteiger partial charge in [0, 0.05) is 63.9 Å². The van der Waals surface area contributed by atoms with Gasteiger partial charge in [-0.3, -0.25) is 9.59 Å². The molecular formula is C40H44N6O6S. The summed E-state index contributed by atoms with van der Waals surface area (Å²) in [6, 6.07) is 23.2. The van der Waals surface area contributed by atoms with Gasteiger partial charge in [0.1, 0.15) is 5.75 Å². The summed E-state index contributed by atoms with van der Waals surface area (Å²) in [5.41, 5.74) is 18.6. The van der Waals surface area contributed by atoms with E-state index in [1.54, 1.807) is 18.2 Å². The highest BCUT2D eigenvalue weighted by Crippen LogP contribution is 2.38. The number of para-hydroxylation sites is 1. The zero-order valence-corrected chi connectivity index (χ0v) is 30.2. The molecule has 0 bridgehead atoms. The summed E-state index contributed by atoms with van der Waals surface area (Å²) in [7, 11) is 0. The van der Waals surface area contributed by atoms with Crippen molar-refractivity contribution >= 4 is 45.0 Å². The predicted molar refractivity (Wildman–Crippen MR) is 205 cm³/mol. The Bertz CT molecular complexity index is 2220. The average molecular weight is 737 g/mol. The Morgan fingerprint density at radius 3 is 2.53 bits per heavy atom. The summed E-state index contributed by atoms with van der Waals surface area (Å²) in [6.45, 7) is 5.15. The number of ether oxygens (including phenoxy) is 3. The number of H-pyrrole nitrogens is 1. The third-order valence-electron chi connectivity index (χ3n) is 9.38. The second-order valence-corrected chi connectivity index (χ2v) is 14.1. The van der Waals surface area contributed by atoms with Gasteiger partial charge in [-0.1, -0.05) is 30.3 Å². The van der Waals surface area contributed by atoms with E-state index < -0.39 is 5.91 Å². The number of amides is 2. The number of aromatic hydroxyl groups is 1. The largest absolute Gasteiger partial charge is 0.508 e. The fraction of sp³-hybridized carbons (Fsp3) is 0.300. The Morgan fingerprint density at radius 1 is 0.925 bits per heavy atom. The van der Waals surface area contributed by atoms with Gasteiger partial charge in [-0.15, -0.1) is 11.3 Å². The van der Waals surface area contributed by atoms with Crippen LogP contribution < -0.4 is 22.1 Å². The minimum absolute atomic E-state index is 0.127. The van der Waals surface area contributed by atoms with Crippen LogP contribution in [-0.2, 0) is 40.3 Å². The van der Waals surface area contributed by atoms with Gasteiger partial charge >= 0.3 is 0 Å². The smallest absolute Gasteiger partial charge is 0.259 e. The molecule has 3 aromatic heterocycles. The molecule has 7 rings (SSSR count). The van der Waals surface area contributed by atoms with Crippen molar-refractivity contribution in [3.05, 3.63) is 122 Å². The molecule has 3 aromatic carbocycles. The van der Waals surface area contributed by atoms with E-state index in [0.29, 0.717) is 82.7 Å². The van der Waals surface area contributed by atoms with Gasteiger partial charge in [-0.05, 0) is 71.0 Å². The minimum Gasteiger partial charge on any atom is -0.508 e. The molecule has 0 saturated heterocycles. The lowest BCUT2D eigenvalue weighted by Gasteiger charge is -2.15. The van der Waals surface area contributed by atoms with E-state index in [2.05, 4.69) is 62.8 Å². The van der Waals surface area contributed by atoms with Gasteiger partial charge in [-0.25, -0.2) is 0 Å². The Labute approximate surface area is 311 Å². The fourth-order valence-corrected chi connectivity index (χ4v) is 8.00. The lowest BCUT2D eigenvalue weighted by atomic mass is 9.95. The van der Waals surface area contributed by atoms with Crippen molar-refractivity contribution in [1.29, 1.82) is 0 Å². The van der Waals surface area contributed by atoms with Crippen LogP contribution in [0.2, 0.25) is 0 Å². The van der Waals surface area contributed by atoms with Crippen LogP contribution in [0, 0.1) is 0 Å². The minimum atomic E-state index is -0.432. The van der Waals surface area contributed by atoms with Crippen molar-refractivity contribution in [1.82, 2.24) is 20.2 Å². The Morgan fingerprint density at radius 2 is 1.72 bits per heavy atom. The second kappa shape index (κ2) is 16.8. The van der Waals surface area contributed by atoms with Crippen LogP contribution in [0.3, 0.4) is 0 Å². The summed E-state index contributed by atoms with van der Waals surface area (Å²) in [5.74, 6) is -0.456. The molecule has 2 amide bonds. The quantitative estimate of drug-likeness (QED) is 0.0648. The van der Waals surface area contributed by atoms with Crippen molar-refractivity contribution in [3.8, 4) is 5.75 Å². The van der Waals surface area contributed by atoms with Crippen LogP contribution in [0.25, 0.3) is 21.8 Å². The highest BCUT2D eigenvalue weighted by molar-refractivity contribution is 7.14. The van der Waals surface area contributed by atoms with Crippen LogP contribution in [0.15, 0.2) is 79.0 Å². The molecule has 1 atom stereocenters. The number of primary amides is 1. The topological polar surface area (TPSA) is 179 Å². The normalized spacial score (nSPS) is 14.0. The van der Waals surface area contributed by atoms with E-state index in [4.69, 9.17) is 25.7 Å². The van der Waals surface area contributed by atoms with Crippen LogP contribution in [-0.4, -0.2) is 72.7 Å². The van der Waals surface area contributed by atoms with Crippen LogP contribution >= 0.6 is 11.3 Å². The maximum atomic E-state index is 12.9. The van der Waals surface area contributed by atoms with Crippen molar-refractivity contribution in [2.24, 2.45) is 11.5 Å². The third-order valence-corrected chi connectivity index (χ3v) is 10.6. The third kappa shape index (κ3) is 8.31. The van der Waals surface area contributed by atoms with Gasteiger partial charge in [-0.2, -0.15) is 0 Å². The van der Waals surface area contributed by atoms with Crippen molar-refractivity contribution in [3.63, 3.8) is 0 Å². The van der Waals surface area contributed by atoms with E-state index in [9.17, 15) is 14.7 Å². The second-order valence-electron chi connectivity index (χ2n) is 13.0. The zero-order chi connectivity index (χ0) is 36.7. The molecule has 0 radical (unpaired) electrons. The molecule has 1 aliphatic heterocycles. The van der Waals surface area contributed by atoms with Crippen molar-refractivity contribution in [2.75, 3.05) is 46.2 Å². The molecular weight excluding hydrogens is 693 g/mol. The number of carbonyl (C=O) groups is 2.